The van der Waals surface area contributed by atoms with Crippen molar-refractivity contribution in [2.24, 2.45) is 5.10 Å². The summed E-state index contributed by atoms with van der Waals surface area (Å²) < 4.78 is 0. The minimum Gasteiger partial charge on any atom is -0.375 e. The van der Waals surface area contributed by atoms with E-state index in [0.717, 1.165) is 23.8 Å². The summed E-state index contributed by atoms with van der Waals surface area (Å²) in [5.74, 6) is 1.03. The number of amidine groups is 1. The summed E-state index contributed by atoms with van der Waals surface area (Å²) >= 11 is 1.82. The minimum absolute atomic E-state index is 0.247. The Balaban J connectivity index is 1.70. The largest absolute Gasteiger partial charge is 0.375 e. The highest BCUT2D eigenvalue weighted by Crippen LogP contribution is 2.39. The molecule has 0 radical (unpaired) electrons. The van der Waals surface area contributed by atoms with Crippen molar-refractivity contribution >= 4 is 22.3 Å². The number of benzene rings is 1. The van der Waals surface area contributed by atoms with Gasteiger partial charge in [0, 0.05) is 18.3 Å². The van der Waals surface area contributed by atoms with Crippen LogP contribution in [0.3, 0.4) is 0 Å². The quantitative estimate of drug-likeness (QED) is 0.922. The molecule has 0 saturated carbocycles. The van der Waals surface area contributed by atoms with E-state index < -0.39 is 0 Å². The lowest BCUT2D eigenvalue weighted by molar-refractivity contribution is 0.674. The SMILES string of the molecule is CNC1=NN(c2nc3c(s2)CCCC3)C(c2ccccc2)C1. The second-order valence-electron chi connectivity index (χ2n) is 5.85. The molecule has 1 atom stereocenters. The van der Waals surface area contributed by atoms with Gasteiger partial charge in [-0.05, 0) is 31.2 Å². The number of hydrazone groups is 1. The van der Waals surface area contributed by atoms with Crippen molar-refractivity contribution in [1.29, 1.82) is 0 Å². The molecule has 0 bridgehead atoms. The fourth-order valence-corrected chi connectivity index (χ4v) is 4.36. The zero-order valence-electron chi connectivity index (χ0n) is 12.7. The summed E-state index contributed by atoms with van der Waals surface area (Å²) in [5.41, 5.74) is 2.59. The molecule has 1 aliphatic carbocycles. The zero-order chi connectivity index (χ0) is 14.9. The van der Waals surface area contributed by atoms with Gasteiger partial charge in [-0.3, -0.25) is 0 Å². The van der Waals surface area contributed by atoms with Crippen LogP contribution in [0.25, 0.3) is 0 Å². The van der Waals surface area contributed by atoms with Gasteiger partial charge in [-0.15, -0.1) is 0 Å². The third-order valence-electron chi connectivity index (χ3n) is 4.41. The van der Waals surface area contributed by atoms with Crippen LogP contribution < -0.4 is 10.3 Å². The Morgan fingerprint density at radius 2 is 2.00 bits per heavy atom. The van der Waals surface area contributed by atoms with Gasteiger partial charge in [-0.1, -0.05) is 41.7 Å². The van der Waals surface area contributed by atoms with Crippen LogP contribution in [0.2, 0.25) is 0 Å². The van der Waals surface area contributed by atoms with E-state index in [2.05, 4.69) is 40.7 Å². The molecule has 1 unspecified atom stereocenters. The first kappa shape index (κ1) is 13.8. The molecule has 1 aliphatic heterocycles. The van der Waals surface area contributed by atoms with E-state index in [4.69, 9.17) is 10.1 Å². The van der Waals surface area contributed by atoms with Crippen molar-refractivity contribution in [3.8, 4) is 0 Å². The van der Waals surface area contributed by atoms with Crippen molar-refractivity contribution < 1.29 is 0 Å². The predicted octanol–water partition coefficient (Wildman–Crippen LogP) is 3.51. The van der Waals surface area contributed by atoms with E-state index in [1.165, 1.54) is 35.4 Å². The number of anilines is 1. The lowest BCUT2D eigenvalue weighted by atomic mass is 10.0. The van der Waals surface area contributed by atoms with E-state index in [9.17, 15) is 0 Å². The van der Waals surface area contributed by atoms with Gasteiger partial charge in [0.1, 0.15) is 5.84 Å². The topological polar surface area (TPSA) is 40.5 Å². The molecule has 114 valence electrons. The Morgan fingerprint density at radius 3 is 2.77 bits per heavy atom. The highest BCUT2D eigenvalue weighted by Gasteiger charge is 2.31. The Morgan fingerprint density at radius 1 is 1.18 bits per heavy atom. The maximum atomic E-state index is 4.89. The van der Waals surface area contributed by atoms with Crippen LogP contribution in [-0.4, -0.2) is 17.9 Å². The van der Waals surface area contributed by atoms with Gasteiger partial charge in [0.15, 0.2) is 0 Å². The first-order chi connectivity index (χ1) is 10.8. The van der Waals surface area contributed by atoms with Crippen LogP contribution in [-0.2, 0) is 12.8 Å². The summed E-state index contributed by atoms with van der Waals surface area (Å²) in [6.45, 7) is 0. The molecule has 1 N–H and O–H groups in total. The number of nitrogens with zero attached hydrogens (tertiary/aromatic N) is 3. The second kappa shape index (κ2) is 5.72. The lowest BCUT2D eigenvalue weighted by Gasteiger charge is -2.20. The van der Waals surface area contributed by atoms with Gasteiger partial charge in [0.25, 0.3) is 0 Å². The minimum atomic E-state index is 0.247. The highest BCUT2D eigenvalue weighted by atomic mass is 32.1. The van der Waals surface area contributed by atoms with Gasteiger partial charge in [-0.25, -0.2) is 9.99 Å². The molecule has 5 heteroatoms. The third-order valence-corrected chi connectivity index (χ3v) is 5.56. The fourth-order valence-electron chi connectivity index (χ4n) is 3.21. The van der Waals surface area contributed by atoms with Gasteiger partial charge in [-0.2, -0.15) is 5.10 Å². The van der Waals surface area contributed by atoms with Crippen LogP contribution in [0, 0.1) is 0 Å². The zero-order valence-corrected chi connectivity index (χ0v) is 13.6. The second-order valence-corrected chi connectivity index (χ2v) is 6.91. The van der Waals surface area contributed by atoms with Crippen molar-refractivity contribution in [3.05, 3.63) is 46.5 Å². The maximum Gasteiger partial charge on any atom is 0.207 e. The maximum absolute atomic E-state index is 4.89. The molecule has 0 fully saturated rings. The smallest absolute Gasteiger partial charge is 0.207 e. The lowest BCUT2D eigenvalue weighted by Crippen LogP contribution is -2.18. The summed E-state index contributed by atoms with van der Waals surface area (Å²) in [5, 5.41) is 11.1. The molecule has 1 aromatic carbocycles. The average molecular weight is 312 g/mol. The summed E-state index contributed by atoms with van der Waals surface area (Å²) in [4.78, 5) is 6.35. The summed E-state index contributed by atoms with van der Waals surface area (Å²) in [6.07, 6.45) is 5.77. The molecule has 0 spiro atoms. The van der Waals surface area contributed by atoms with Crippen molar-refractivity contribution in [1.82, 2.24) is 10.3 Å². The van der Waals surface area contributed by atoms with Crippen molar-refractivity contribution in [2.75, 3.05) is 12.1 Å². The summed E-state index contributed by atoms with van der Waals surface area (Å²) in [7, 11) is 1.94. The van der Waals surface area contributed by atoms with Crippen LogP contribution in [0.5, 0.6) is 0 Å². The standard InChI is InChI=1S/C17H20N4S/c1-18-16-11-14(12-7-3-2-4-8-12)21(20-16)17-19-13-9-5-6-10-15(13)22-17/h2-4,7-8,14H,5-6,9-11H2,1H3,(H,18,20). The van der Waals surface area contributed by atoms with E-state index >= 15 is 0 Å². The monoisotopic (exact) mass is 312 g/mol. The van der Waals surface area contributed by atoms with Crippen LogP contribution in [0.1, 0.15) is 41.4 Å². The Labute approximate surface area is 134 Å². The van der Waals surface area contributed by atoms with Gasteiger partial charge >= 0.3 is 0 Å². The number of aryl methyl sites for hydroxylation is 2. The third kappa shape index (κ3) is 2.39. The van der Waals surface area contributed by atoms with E-state index in [-0.39, 0.29) is 6.04 Å². The molecule has 4 rings (SSSR count). The Kier molecular flexibility index (Phi) is 3.58. The molecule has 4 nitrogen and oxygen atoms in total. The highest BCUT2D eigenvalue weighted by molar-refractivity contribution is 7.15. The molecular weight excluding hydrogens is 292 g/mol. The molecule has 0 saturated heterocycles. The number of nitrogens with one attached hydrogen (secondary N) is 1. The van der Waals surface area contributed by atoms with Gasteiger partial charge in [0.05, 0.1) is 11.7 Å². The predicted molar refractivity (Wildman–Crippen MR) is 91.5 cm³/mol. The normalized spacial score (nSPS) is 20.7. The van der Waals surface area contributed by atoms with Crippen LogP contribution in [0.15, 0.2) is 35.4 Å². The molecular formula is C17H20N4S. The van der Waals surface area contributed by atoms with E-state index in [1.807, 2.05) is 18.4 Å². The molecule has 0 amide bonds. The molecule has 2 heterocycles. The number of hydrogen-bond donors (Lipinski definition) is 1. The first-order valence-electron chi connectivity index (χ1n) is 7.93. The van der Waals surface area contributed by atoms with Crippen molar-refractivity contribution in [3.63, 3.8) is 0 Å². The Hall–Kier alpha value is -1.88. The number of rotatable bonds is 2. The average Bonchev–Trinajstić information content (AvgIpc) is 3.19. The summed E-state index contributed by atoms with van der Waals surface area (Å²) in [6, 6.07) is 10.9. The molecule has 2 aliphatic rings. The number of thiazole rings is 1. The van der Waals surface area contributed by atoms with Gasteiger partial charge in [0.2, 0.25) is 5.13 Å². The number of aromatic nitrogens is 1. The van der Waals surface area contributed by atoms with Crippen LogP contribution >= 0.6 is 11.3 Å². The van der Waals surface area contributed by atoms with E-state index in [0.29, 0.717) is 0 Å². The molecule has 22 heavy (non-hydrogen) atoms. The van der Waals surface area contributed by atoms with E-state index in [1.54, 1.807) is 0 Å². The molecule has 2 aromatic rings. The number of hydrogen-bond acceptors (Lipinski definition) is 5. The number of fused-ring (bicyclic) bond motifs is 1. The fraction of sp³-hybridized carbons (Fsp3) is 0.412. The van der Waals surface area contributed by atoms with Crippen molar-refractivity contribution in [2.45, 2.75) is 38.1 Å². The molecule has 1 aromatic heterocycles. The first-order valence-corrected chi connectivity index (χ1v) is 8.75. The van der Waals surface area contributed by atoms with Gasteiger partial charge < -0.3 is 5.32 Å². The van der Waals surface area contributed by atoms with Crippen LogP contribution in [0.4, 0.5) is 5.13 Å². The Bertz CT molecular complexity index is 668.